The van der Waals surface area contributed by atoms with E-state index in [1.165, 1.54) is 6.26 Å². The van der Waals surface area contributed by atoms with Gasteiger partial charge in [-0.1, -0.05) is 5.16 Å². The van der Waals surface area contributed by atoms with Gasteiger partial charge >= 0.3 is 6.09 Å². The number of ether oxygens (including phenoxy) is 1. The number of carbonyl (C=O) groups is 1. The van der Waals surface area contributed by atoms with Crippen LogP contribution in [0.15, 0.2) is 16.9 Å². The third-order valence-corrected chi connectivity index (χ3v) is 2.07. The molecule has 0 saturated carbocycles. The predicted molar refractivity (Wildman–Crippen MR) is 67.0 cm³/mol. The average Bonchev–Trinajstić information content (AvgIpc) is 2.74. The average molecular weight is 255 g/mol. The Kier molecular flexibility index (Phi) is 5.15. The van der Waals surface area contributed by atoms with E-state index in [0.29, 0.717) is 13.1 Å². The van der Waals surface area contributed by atoms with Gasteiger partial charge < -0.3 is 19.9 Å². The van der Waals surface area contributed by atoms with Crippen molar-refractivity contribution in [3.63, 3.8) is 0 Å². The molecule has 0 fully saturated rings. The van der Waals surface area contributed by atoms with Crippen molar-refractivity contribution < 1.29 is 14.1 Å². The van der Waals surface area contributed by atoms with E-state index < -0.39 is 11.7 Å². The number of amides is 1. The summed E-state index contributed by atoms with van der Waals surface area (Å²) in [4.78, 5) is 11.4. The molecule has 2 N–H and O–H groups in total. The Labute approximate surface area is 107 Å². The van der Waals surface area contributed by atoms with Gasteiger partial charge in [-0.2, -0.15) is 0 Å². The molecule has 0 aliphatic carbocycles. The van der Waals surface area contributed by atoms with Gasteiger partial charge in [-0.05, 0) is 27.7 Å². The number of nitrogens with one attached hydrogen (secondary N) is 2. The lowest BCUT2D eigenvalue weighted by Crippen LogP contribution is -2.41. The fourth-order valence-electron chi connectivity index (χ4n) is 1.23. The van der Waals surface area contributed by atoms with Gasteiger partial charge in [-0.15, -0.1) is 0 Å². The molecule has 0 aromatic carbocycles. The molecule has 0 bridgehead atoms. The number of carbonyl (C=O) groups excluding carboxylic acids is 1. The fourth-order valence-corrected chi connectivity index (χ4v) is 1.23. The van der Waals surface area contributed by atoms with Crippen LogP contribution >= 0.6 is 0 Å². The highest BCUT2D eigenvalue weighted by molar-refractivity contribution is 5.67. The fraction of sp³-hybridized carbons (Fsp3) is 0.667. The highest BCUT2D eigenvalue weighted by atomic mass is 16.6. The molecule has 1 atom stereocenters. The third kappa shape index (κ3) is 6.24. The zero-order valence-corrected chi connectivity index (χ0v) is 11.3. The van der Waals surface area contributed by atoms with Crippen molar-refractivity contribution >= 4 is 6.09 Å². The van der Waals surface area contributed by atoms with E-state index in [4.69, 9.17) is 9.26 Å². The van der Waals surface area contributed by atoms with Gasteiger partial charge in [0.2, 0.25) is 0 Å². The summed E-state index contributed by atoms with van der Waals surface area (Å²) in [7, 11) is 0. The van der Waals surface area contributed by atoms with Crippen LogP contribution in [0.25, 0.3) is 0 Å². The first-order chi connectivity index (χ1) is 8.37. The largest absolute Gasteiger partial charge is 0.444 e. The molecule has 0 aliphatic rings. The second kappa shape index (κ2) is 6.39. The zero-order chi connectivity index (χ0) is 13.6. The molecule has 0 saturated heterocycles. The number of hydrogen-bond donors (Lipinski definition) is 2. The number of nitrogens with zero attached hydrogens (tertiary/aromatic N) is 1. The van der Waals surface area contributed by atoms with Crippen LogP contribution in [0.5, 0.6) is 0 Å². The molecule has 1 heterocycles. The molecular formula is C12H21N3O3. The molecule has 0 aliphatic heterocycles. The number of rotatable bonds is 5. The van der Waals surface area contributed by atoms with Crippen LogP contribution in [-0.4, -0.2) is 29.4 Å². The summed E-state index contributed by atoms with van der Waals surface area (Å²) < 4.78 is 9.85. The molecule has 6 heteroatoms. The van der Waals surface area contributed by atoms with Crippen LogP contribution in [0, 0.1) is 0 Å². The highest BCUT2D eigenvalue weighted by Gasteiger charge is 2.16. The van der Waals surface area contributed by atoms with Crippen LogP contribution < -0.4 is 10.6 Å². The van der Waals surface area contributed by atoms with E-state index in [1.807, 2.05) is 27.7 Å². The molecule has 0 radical (unpaired) electrons. The SMILES string of the molecule is CC(CNC(=O)OC(C)(C)C)NCc1ccon1. The van der Waals surface area contributed by atoms with Gasteiger partial charge in [0.1, 0.15) is 11.9 Å². The van der Waals surface area contributed by atoms with E-state index in [0.717, 1.165) is 5.69 Å². The van der Waals surface area contributed by atoms with Crippen molar-refractivity contribution in [2.24, 2.45) is 0 Å². The minimum atomic E-state index is -0.471. The maximum atomic E-state index is 11.4. The maximum Gasteiger partial charge on any atom is 0.407 e. The molecule has 1 amide bonds. The quantitative estimate of drug-likeness (QED) is 0.837. The number of alkyl carbamates (subject to hydrolysis) is 1. The van der Waals surface area contributed by atoms with Crippen LogP contribution in [-0.2, 0) is 11.3 Å². The van der Waals surface area contributed by atoms with Gasteiger partial charge in [0.15, 0.2) is 0 Å². The Hall–Kier alpha value is -1.56. The Morgan fingerprint density at radius 1 is 1.56 bits per heavy atom. The van der Waals surface area contributed by atoms with Crippen LogP contribution in [0.2, 0.25) is 0 Å². The number of hydrogen-bond acceptors (Lipinski definition) is 5. The summed E-state index contributed by atoms with van der Waals surface area (Å²) in [5.41, 5.74) is 0.362. The van der Waals surface area contributed by atoms with Gasteiger partial charge in [-0.25, -0.2) is 4.79 Å². The minimum absolute atomic E-state index is 0.120. The first kappa shape index (κ1) is 14.5. The summed E-state index contributed by atoms with van der Waals surface area (Å²) in [5, 5.41) is 9.69. The van der Waals surface area contributed by atoms with E-state index in [1.54, 1.807) is 6.07 Å². The van der Waals surface area contributed by atoms with E-state index in [-0.39, 0.29) is 6.04 Å². The molecule has 1 unspecified atom stereocenters. The van der Waals surface area contributed by atoms with Crippen molar-refractivity contribution in [2.45, 2.75) is 45.9 Å². The van der Waals surface area contributed by atoms with Crippen molar-refractivity contribution in [1.29, 1.82) is 0 Å². The molecule has 18 heavy (non-hydrogen) atoms. The van der Waals surface area contributed by atoms with E-state index in [9.17, 15) is 4.79 Å². The highest BCUT2D eigenvalue weighted by Crippen LogP contribution is 2.06. The van der Waals surface area contributed by atoms with Crippen LogP contribution in [0.1, 0.15) is 33.4 Å². The van der Waals surface area contributed by atoms with E-state index >= 15 is 0 Å². The molecule has 1 rings (SSSR count). The molecular weight excluding hydrogens is 234 g/mol. The Morgan fingerprint density at radius 2 is 2.28 bits per heavy atom. The summed E-state index contributed by atoms with van der Waals surface area (Å²) in [6, 6.07) is 1.91. The van der Waals surface area contributed by atoms with Gasteiger partial charge in [0.05, 0.1) is 5.69 Å². The topological polar surface area (TPSA) is 76.4 Å². The monoisotopic (exact) mass is 255 g/mol. The lowest BCUT2D eigenvalue weighted by atomic mass is 10.2. The first-order valence-electron chi connectivity index (χ1n) is 5.96. The molecule has 1 aromatic heterocycles. The standard InChI is InChI=1S/C12H21N3O3/c1-9(13-8-10-5-6-17-15-10)7-14-11(16)18-12(2,3)4/h5-6,9,13H,7-8H2,1-4H3,(H,14,16). The zero-order valence-electron chi connectivity index (χ0n) is 11.3. The predicted octanol–water partition coefficient (Wildman–Crippen LogP) is 1.68. The molecule has 102 valence electrons. The van der Waals surface area contributed by atoms with E-state index in [2.05, 4.69) is 15.8 Å². The minimum Gasteiger partial charge on any atom is -0.444 e. The normalized spacial score (nSPS) is 13.1. The second-order valence-electron chi connectivity index (χ2n) is 5.16. The first-order valence-corrected chi connectivity index (χ1v) is 5.96. The maximum absolute atomic E-state index is 11.4. The van der Waals surface area contributed by atoms with Crippen LogP contribution in [0.3, 0.4) is 0 Å². The number of aromatic nitrogens is 1. The van der Waals surface area contributed by atoms with Gasteiger partial charge in [-0.3, -0.25) is 0 Å². The lowest BCUT2D eigenvalue weighted by Gasteiger charge is -2.21. The molecule has 6 nitrogen and oxygen atoms in total. The van der Waals surface area contributed by atoms with Crippen molar-refractivity contribution in [2.75, 3.05) is 6.54 Å². The smallest absolute Gasteiger partial charge is 0.407 e. The van der Waals surface area contributed by atoms with Crippen LogP contribution in [0.4, 0.5) is 4.79 Å². The van der Waals surface area contributed by atoms with Crippen molar-refractivity contribution in [3.8, 4) is 0 Å². The Morgan fingerprint density at radius 3 is 2.83 bits per heavy atom. The van der Waals surface area contributed by atoms with Crippen molar-refractivity contribution in [1.82, 2.24) is 15.8 Å². The van der Waals surface area contributed by atoms with Gasteiger partial charge in [0, 0.05) is 25.2 Å². The van der Waals surface area contributed by atoms with Crippen molar-refractivity contribution in [3.05, 3.63) is 18.0 Å². The third-order valence-electron chi connectivity index (χ3n) is 2.07. The summed E-state index contributed by atoms with van der Waals surface area (Å²) >= 11 is 0. The summed E-state index contributed by atoms with van der Waals surface area (Å²) in [6.07, 6.45) is 1.12. The Balaban J connectivity index is 2.17. The second-order valence-corrected chi connectivity index (χ2v) is 5.16. The molecule has 0 spiro atoms. The molecule has 1 aromatic rings. The lowest BCUT2D eigenvalue weighted by molar-refractivity contribution is 0.0523. The van der Waals surface area contributed by atoms with Gasteiger partial charge in [0.25, 0.3) is 0 Å². The summed E-state index contributed by atoms with van der Waals surface area (Å²) in [6.45, 7) is 8.56. The summed E-state index contributed by atoms with van der Waals surface area (Å²) in [5.74, 6) is 0. The Bertz CT molecular complexity index is 357.